The van der Waals surface area contributed by atoms with Crippen LogP contribution < -0.4 is 5.32 Å². The summed E-state index contributed by atoms with van der Waals surface area (Å²) in [5.41, 5.74) is 3.42. The van der Waals surface area contributed by atoms with E-state index in [1.165, 1.54) is 11.1 Å². The van der Waals surface area contributed by atoms with Crippen molar-refractivity contribution in [3.8, 4) is 0 Å². The van der Waals surface area contributed by atoms with Crippen molar-refractivity contribution in [1.29, 1.82) is 0 Å². The molecule has 0 amide bonds. The molecule has 1 aromatic carbocycles. The molecule has 0 spiro atoms. The Labute approximate surface area is 125 Å². The molecule has 21 heavy (non-hydrogen) atoms. The Kier molecular flexibility index (Phi) is 4.36. The van der Waals surface area contributed by atoms with Gasteiger partial charge in [0, 0.05) is 31.2 Å². The average Bonchev–Trinajstić information content (AvgIpc) is 3.09. The molecule has 112 valence electrons. The van der Waals surface area contributed by atoms with Gasteiger partial charge in [-0.1, -0.05) is 35.5 Å². The highest BCUT2D eigenvalue weighted by atomic mass is 16.5. The molecule has 0 aliphatic carbocycles. The van der Waals surface area contributed by atoms with Crippen molar-refractivity contribution in [3.05, 3.63) is 52.9 Å². The number of nitrogens with zero attached hydrogens (tertiary/aromatic N) is 1. The first kappa shape index (κ1) is 14.3. The zero-order valence-corrected chi connectivity index (χ0v) is 12.6. The monoisotopic (exact) mass is 286 g/mol. The number of hydrogen-bond acceptors (Lipinski definition) is 4. The number of rotatable bonds is 5. The molecule has 4 heteroatoms. The van der Waals surface area contributed by atoms with Gasteiger partial charge in [-0.3, -0.25) is 0 Å². The molecular formula is C17H22N2O2. The van der Waals surface area contributed by atoms with Gasteiger partial charge in [0.2, 0.25) is 0 Å². The number of ether oxygens (including phenoxy) is 1. The molecule has 1 aliphatic heterocycles. The lowest BCUT2D eigenvalue weighted by molar-refractivity contribution is 0.0904. The van der Waals surface area contributed by atoms with Crippen LogP contribution in [0.3, 0.4) is 0 Å². The highest BCUT2D eigenvalue weighted by Crippen LogP contribution is 2.33. The average molecular weight is 286 g/mol. The second kappa shape index (κ2) is 6.41. The van der Waals surface area contributed by atoms with Crippen molar-refractivity contribution < 1.29 is 9.26 Å². The van der Waals surface area contributed by atoms with Crippen molar-refractivity contribution in [2.45, 2.75) is 32.9 Å². The SMILES string of the molecule is Cc1noc(C)c1CNC[C@H]1CCO[C@@H]1c1ccccc1. The van der Waals surface area contributed by atoms with Gasteiger partial charge in [0.25, 0.3) is 0 Å². The van der Waals surface area contributed by atoms with Crippen LogP contribution in [0.5, 0.6) is 0 Å². The summed E-state index contributed by atoms with van der Waals surface area (Å²) in [5.74, 6) is 1.43. The van der Waals surface area contributed by atoms with Crippen LogP contribution in [0, 0.1) is 19.8 Å². The molecule has 3 rings (SSSR count). The predicted octanol–water partition coefficient (Wildman–Crippen LogP) is 3.16. The molecule has 0 saturated carbocycles. The molecule has 1 aromatic heterocycles. The largest absolute Gasteiger partial charge is 0.373 e. The van der Waals surface area contributed by atoms with Crippen molar-refractivity contribution in [2.75, 3.05) is 13.2 Å². The minimum absolute atomic E-state index is 0.211. The smallest absolute Gasteiger partial charge is 0.138 e. The zero-order valence-electron chi connectivity index (χ0n) is 12.6. The Bertz CT molecular complexity index is 560. The van der Waals surface area contributed by atoms with E-state index in [4.69, 9.17) is 9.26 Å². The van der Waals surface area contributed by atoms with Crippen molar-refractivity contribution in [1.82, 2.24) is 10.5 Å². The highest BCUT2D eigenvalue weighted by Gasteiger charge is 2.29. The lowest BCUT2D eigenvalue weighted by atomic mass is 9.95. The van der Waals surface area contributed by atoms with Gasteiger partial charge in [0.15, 0.2) is 0 Å². The van der Waals surface area contributed by atoms with Crippen LogP contribution in [0.15, 0.2) is 34.9 Å². The molecule has 0 unspecified atom stereocenters. The van der Waals surface area contributed by atoms with E-state index in [9.17, 15) is 0 Å². The zero-order chi connectivity index (χ0) is 14.7. The van der Waals surface area contributed by atoms with E-state index < -0.39 is 0 Å². The number of hydrogen-bond donors (Lipinski definition) is 1. The second-order valence-corrected chi connectivity index (χ2v) is 5.68. The maximum absolute atomic E-state index is 5.92. The van der Waals surface area contributed by atoms with Gasteiger partial charge >= 0.3 is 0 Å². The fourth-order valence-electron chi connectivity index (χ4n) is 2.99. The minimum Gasteiger partial charge on any atom is -0.373 e. The Morgan fingerprint density at radius 1 is 1.24 bits per heavy atom. The van der Waals surface area contributed by atoms with E-state index in [0.29, 0.717) is 5.92 Å². The molecular weight excluding hydrogens is 264 g/mol. The lowest BCUT2D eigenvalue weighted by Crippen LogP contribution is -2.25. The fraction of sp³-hybridized carbons (Fsp3) is 0.471. The molecule has 2 atom stereocenters. The van der Waals surface area contributed by atoms with Gasteiger partial charge in [-0.25, -0.2) is 0 Å². The minimum atomic E-state index is 0.211. The summed E-state index contributed by atoms with van der Waals surface area (Å²) in [7, 11) is 0. The van der Waals surface area contributed by atoms with Crippen LogP contribution >= 0.6 is 0 Å². The third-order valence-electron chi connectivity index (χ3n) is 4.23. The van der Waals surface area contributed by atoms with E-state index in [1.54, 1.807) is 0 Å². The van der Waals surface area contributed by atoms with Gasteiger partial charge in [0.1, 0.15) is 5.76 Å². The normalized spacial score (nSPS) is 21.8. The number of nitrogens with one attached hydrogen (secondary N) is 1. The van der Waals surface area contributed by atoms with E-state index >= 15 is 0 Å². The second-order valence-electron chi connectivity index (χ2n) is 5.68. The molecule has 1 fully saturated rings. The maximum Gasteiger partial charge on any atom is 0.138 e. The third kappa shape index (κ3) is 3.17. The van der Waals surface area contributed by atoms with Crippen LogP contribution in [-0.2, 0) is 11.3 Å². The van der Waals surface area contributed by atoms with Gasteiger partial charge in [-0.2, -0.15) is 0 Å². The van der Waals surface area contributed by atoms with E-state index in [-0.39, 0.29) is 6.10 Å². The Morgan fingerprint density at radius 3 is 2.76 bits per heavy atom. The van der Waals surface area contributed by atoms with Gasteiger partial charge in [-0.15, -0.1) is 0 Å². The molecule has 2 aromatic rings. The van der Waals surface area contributed by atoms with Crippen LogP contribution in [-0.4, -0.2) is 18.3 Å². The maximum atomic E-state index is 5.92. The van der Waals surface area contributed by atoms with E-state index in [2.05, 4.69) is 34.7 Å². The summed E-state index contributed by atoms with van der Waals surface area (Å²) in [5, 5.41) is 7.52. The summed E-state index contributed by atoms with van der Waals surface area (Å²) in [4.78, 5) is 0. The summed E-state index contributed by atoms with van der Waals surface area (Å²) < 4.78 is 11.1. The molecule has 0 radical (unpaired) electrons. The summed E-state index contributed by atoms with van der Waals surface area (Å²) >= 11 is 0. The molecule has 4 nitrogen and oxygen atoms in total. The van der Waals surface area contributed by atoms with Crippen molar-refractivity contribution >= 4 is 0 Å². The van der Waals surface area contributed by atoms with Crippen molar-refractivity contribution in [3.63, 3.8) is 0 Å². The Balaban J connectivity index is 1.57. The van der Waals surface area contributed by atoms with Gasteiger partial charge < -0.3 is 14.6 Å². The summed E-state index contributed by atoms with van der Waals surface area (Å²) in [6.45, 7) is 6.54. The van der Waals surface area contributed by atoms with E-state index in [0.717, 1.165) is 37.6 Å². The molecule has 1 aliphatic rings. The predicted molar refractivity (Wildman–Crippen MR) is 80.9 cm³/mol. The summed E-state index contributed by atoms with van der Waals surface area (Å²) in [6.07, 6.45) is 1.32. The first-order valence-electron chi connectivity index (χ1n) is 7.54. The van der Waals surface area contributed by atoms with Crippen LogP contribution in [0.2, 0.25) is 0 Å². The highest BCUT2D eigenvalue weighted by molar-refractivity contribution is 5.21. The first-order valence-corrected chi connectivity index (χ1v) is 7.54. The van der Waals surface area contributed by atoms with Crippen molar-refractivity contribution in [2.24, 2.45) is 5.92 Å². The molecule has 2 heterocycles. The Hall–Kier alpha value is -1.65. The molecule has 1 N–H and O–H groups in total. The van der Waals surface area contributed by atoms with Crippen LogP contribution in [0.4, 0.5) is 0 Å². The first-order chi connectivity index (χ1) is 10.3. The number of aromatic nitrogens is 1. The quantitative estimate of drug-likeness (QED) is 0.917. The fourth-order valence-corrected chi connectivity index (χ4v) is 2.99. The molecule has 1 saturated heterocycles. The van der Waals surface area contributed by atoms with Crippen LogP contribution in [0.1, 0.15) is 35.1 Å². The lowest BCUT2D eigenvalue weighted by Gasteiger charge is -2.19. The van der Waals surface area contributed by atoms with E-state index in [1.807, 2.05) is 19.9 Å². The van der Waals surface area contributed by atoms with Gasteiger partial charge in [0.05, 0.1) is 11.8 Å². The third-order valence-corrected chi connectivity index (χ3v) is 4.23. The summed E-state index contributed by atoms with van der Waals surface area (Å²) in [6, 6.07) is 10.5. The number of aryl methyl sites for hydroxylation is 2. The topological polar surface area (TPSA) is 47.3 Å². The Morgan fingerprint density at radius 2 is 2.05 bits per heavy atom. The standard InChI is InChI=1S/C17H22N2O2/c1-12-16(13(2)21-19-12)11-18-10-15-8-9-20-17(15)14-6-4-3-5-7-14/h3-7,15,17-18H,8-11H2,1-2H3/t15-,17-/m1/s1. The molecule has 0 bridgehead atoms. The number of benzene rings is 1. The van der Waals surface area contributed by atoms with Gasteiger partial charge in [-0.05, 0) is 25.8 Å². The van der Waals surface area contributed by atoms with Crippen LogP contribution in [0.25, 0.3) is 0 Å².